The number of hydrogen-bond acceptors (Lipinski definition) is 6. The van der Waals surface area contributed by atoms with Gasteiger partial charge in [0, 0.05) is 6.42 Å². The minimum Gasteiger partial charge on any atom is -0.481 e. The van der Waals surface area contributed by atoms with E-state index in [1.165, 1.54) is 6.92 Å². The summed E-state index contributed by atoms with van der Waals surface area (Å²) in [5.41, 5.74) is 5.55. The summed E-state index contributed by atoms with van der Waals surface area (Å²) >= 11 is 0. The zero-order valence-electron chi connectivity index (χ0n) is 14.6. The molecule has 0 bridgehead atoms. The maximum atomic E-state index is 12.3. The zero-order valence-corrected chi connectivity index (χ0v) is 14.6. The van der Waals surface area contributed by atoms with Gasteiger partial charge in [-0.05, 0) is 19.3 Å². The van der Waals surface area contributed by atoms with Crippen LogP contribution >= 0.6 is 0 Å². The summed E-state index contributed by atoms with van der Waals surface area (Å²) in [7, 11) is 0. The van der Waals surface area contributed by atoms with Gasteiger partial charge >= 0.3 is 11.9 Å². The molecule has 0 saturated carbocycles. The number of nitrogens with one attached hydrogen (secondary N) is 2. The molecule has 0 aromatic heterocycles. The Morgan fingerprint density at radius 1 is 1.00 bits per heavy atom. The summed E-state index contributed by atoms with van der Waals surface area (Å²) in [6, 6.07) is -3.75. The van der Waals surface area contributed by atoms with E-state index in [4.69, 9.17) is 10.8 Å². The first kappa shape index (κ1) is 22.8. The Kier molecular flexibility index (Phi) is 9.69. The van der Waals surface area contributed by atoms with Gasteiger partial charge in [0.05, 0.1) is 12.1 Å². The van der Waals surface area contributed by atoms with E-state index in [9.17, 15) is 29.4 Å². The average molecular weight is 361 g/mol. The Bertz CT molecular complexity index is 496. The Morgan fingerprint density at radius 2 is 1.52 bits per heavy atom. The SMILES string of the molecule is CCC(C)C(NC(=O)C(NC(=O)C(N)CCC(=O)O)C(C)O)C(=O)O. The molecule has 0 aromatic carbocycles. The van der Waals surface area contributed by atoms with Crippen LogP contribution in [-0.4, -0.2) is 63.3 Å². The van der Waals surface area contributed by atoms with Gasteiger partial charge in [0.1, 0.15) is 12.1 Å². The predicted octanol–water partition coefficient (Wildman–Crippen LogP) is -1.34. The van der Waals surface area contributed by atoms with Crippen molar-refractivity contribution >= 4 is 23.8 Å². The fraction of sp³-hybridized carbons (Fsp3) is 0.733. The summed E-state index contributed by atoms with van der Waals surface area (Å²) in [5.74, 6) is -4.37. The van der Waals surface area contributed by atoms with Crippen LogP contribution in [0.1, 0.15) is 40.0 Å². The molecule has 0 aliphatic heterocycles. The second kappa shape index (κ2) is 10.6. The third kappa shape index (κ3) is 7.94. The average Bonchev–Trinajstić information content (AvgIpc) is 2.53. The summed E-state index contributed by atoms with van der Waals surface area (Å²) in [6.07, 6.45) is -1.26. The molecule has 0 aliphatic rings. The van der Waals surface area contributed by atoms with Crippen LogP contribution in [0.4, 0.5) is 0 Å². The van der Waals surface area contributed by atoms with Crippen LogP contribution in [-0.2, 0) is 19.2 Å². The lowest BCUT2D eigenvalue weighted by Gasteiger charge is -2.26. The molecule has 5 atom stereocenters. The summed E-state index contributed by atoms with van der Waals surface area (Å²) in [6.45, 7) is 4.67. The van der Waals surface area contributed by atoms with Crippen LogP contribution in [0.2, 0.25) is 0 Å². The molecule has 0 saturated heterocycles. The Morgan fingerprint density at radius 3 is 1.92 bits per heavy atom. The number of carboxylic acid groups (broad SMARTS) is 2. The van der Waals surface area contributed by atoms with E-state index in [1.807, 2.05) is 0 Å². The van der Waals surface area contributed by atoms with E-state index < -0.39 is 48.0 Å². The molecule has 10 heteroatoms. The molecule has 0 rings (SSSR count). The Balaban J connectivity index is 4.97. The number of amides is 2. The molecule has 25 heavy (non-hydrogen) atoms. The summed E-state index contributed by atoms with van der Waals surface area (Å²) in [5, 5.41) is 32.0. The minimum absolute atomic E-state index is 0.139. The summed E-state index contributed by atoms with van der Waals surface area (Å²) in [4.78, 5) is 46.0. The highest BCUT2D eigenvalue weighted by Crippen LogP contribution is 2.09. The fourth-order valence-electron chi connectivity index (χ4n) is 2.00. The molecule has 0 heterocycles. The van der Waals surface area contributed by atoms with Crippen molar-refractivity contribution in [2.45, 2.75) is 64.3 Å². The van der Waals surface area contributed by atoms with E-state index >= 15 is 0 Å². The smallest absolute Gasteiger partial charge is 0.326 e. The number of aliphatic hydroxyl groups is 1. The highest BCUT2D eigenvalue weighted by molar-refractivity contribution is 5.92. The Hall–Kier alpha value is -2.20. The third-order valence-electron chi connectivity index (χ3n) is 3.85. The molecule has 0 radical (unpaired) electrons. The van der Waals surface area contributed by atoms with Gasteiger partial charge in [0.2, 0.25) is 11.8 Å². The highest BCUT2D eigenvalue weighted by atomic mass is 16.4. The standard InChI is InChI=1S/C15H27N3O7/c1-4-7(2)11(15(24)25)17-14(23)12(8(3)19)18-13(22)9(16)5-6-10(20)21/h7-9,11-12,19H,4-6,16H2,1-3H3,(H,17,23)(H,18,22)(H,20,21)(H,24,25). The van der Waals surface area contributed by atoms with E-state index in [0.29, 0.717) is 6.42 Å². The number of carboxylic acids is 2. The topological polar surface area (TPSA) is 179 Å². The van der Waals surface area contributed by atoms with Gasteiger partial charge in [0.25, 0.3) is 0 Å². The molecule has 7 N–H and O–H groups in total. The monoisotopic (exact) mass is 361 g/mol. The van der Waals surface area contributed by atoms with Crippen LogP contribution in [0.3, 0.4) is 0 Å². The predicted molar refractivity (Wildman–Crippen MR) is 87.5 cm³/mol. The fourth-order valence-corrected chi connectivity index (χ4v) is 2.00. The molecule has 0 spiro atoms. The van der Waals surface area contributed by atoms with Gasteiger partial charge in [-0.1, -0.05) is 20.3 Å². The first-order valence-electron chi connectivity index (χ1n) is 8.00. The van der Waals surface area contributed by atoms with Crippen LogP contribution < -0.4 is 16.4 Å². The van der Waals surface area contributed by atoms with Crippen LogP contribution in [0.15, 0.2) is 0 Å². The first-order chi connectivity index (χ1) is 11.5. The van der Waals surface area contributed by atoms with Crippen molar-refractivity contribution in [1.82, 2.24) is 10.6 Å². The molecule has 0 fully saturated rings. The number of aliphatic hydroxyl groups excluding tert-OH is 1. The van der Waals surface area contributed by atoms with Gasteiger partial charge in [-0.3, -0.25) is 14.4 Å². The van der Waals surface area contributed by atoms with Crippen molar-refractivity contribution in [3.8, 4) is 0 Å². The van der Waals surface area contributed by atoms with Gasteiger partial charge in [-0.25, -0.2) is 4.79 Å². The molecule has 2 amide bonds. The number of rotatable bonds is 11. The van der Waals surface area contributed by atoms with Gasteiger partial charge < -0.3 is 31.7 Å². The molecule has 5 unspecified atom stereocenters. The van der Waals surface area contributed by atoms with Crippen molar-refractivity contribution in [1.29, 1.82) is 0 Å². The van der Waals surface area contributed by atoms with Crippen LogP contribution in [0.25, 0.3) is 0 Å². The van der Waals surface area contributed by atoms with Gasteiger partial charge in [-0.2, -0.15) is 0 Å². The second-order valence-electron chi connectivity index (χ2n) is 5.98. The number of carbonyl (C=O) groups is 4. The molecule has 144 valence electrons. The van der Waals surface area contributed by atoms with Crippen molar-refractivity contribution < 1.29 is 34.5 Å². The normalized spacial score (nSPS) is 16.8. The molecule has 0 aliphatic carbocycles. The van der Waals surface area contributed by atoms with Crippen LogP contribution in [0.5, 0.6) is 0 Å². The van der Waals surface area contributed by atoms with Crippen LogP contribution in [0, 0.1) is 5.92 Å². The molecule has 10 nitrogen and oxygen atoms in total. The molecular formula is C15H27N3O7. The van der Waals surface area contributed by atoms with E-state index in [2.05, 4.69) is 10.6 Å². The molecular weight excluding hydrogens is 334 g/mol. The quantitative estimate of drug-likeness (QED) is 0.261. The maximum Gasteiger partial charge on any atom is 0.326 e. The Labute approximate surface area is 145 Å². The van der Waals surface area contributed by atoms with Crippen molar-refractivity contribution in [3.63, 3.8) is 0 Å². The lowest BCUT2D eigenvalue weighted by Crippen LogP contribution is -2.59. The number of aliphatic carboxylic acids is 2. The van der Waals surface area contributed by atoms with Gasteiger partial charge in [-0.15, -0.1) is 0 Å². The largest absolute Gasteiger partial charge is 0.481 e. The molecule has 0 aromatic rings. The highest BCUT2D eigenvalue weighted by Gasteiger charge is 2.32. The van der Waals surface area contributed by atoms with Gasteiger partial charge in [0.15, 0.2) is 0 Å². The zero-order chi connectivity index (χ0) is 19.7. The number of nitrogens with two attached hydrogens (primary N) is 1. The van der Waals surface area contributed by atoms with Crippen molar-refractivity contribution in [2.24, 2.45) is 11.7 Å². The third-order valence-corrected chi connectivity index (χ3v) is 3.85. The van der Waals surface area contributed by atoms with E-state index in [-0.39, 0.29) is 18.8 Å². The maximum absolute atomic E-state index is 12.3. The van der Waals surface area contributed by atoms with E-state index in [1.54, 1.807) is 13.8 Å². The van der Waals surface area contributed by atoms with E-state index in [0.717, 1.165) is 0 Å². The first-order valence-corrected chi connectivity index (χ1v) is 8.00. The number of carbonyl (C=O) groups excluding carboxylic acids is 2. The van der Waals surface area contributed by atoms with Crippen molar-refractivity contribution in [2.75, 3.05) is 0 Å². The lowest BCUT2D eigenvalue weighted by molar-refractivity contribution is -0.144. The summed E-state index contributed by atoms with van der Waals surface area (Å²) < 4.78 is 0. The second-order valence-corrected chi connectivity index (χ2v) is 5.98. The lowest BCUT2D eigenvalue weighted by atomic mass is 9.98. The van der Waals surface area contributed by atoms with Crippen molar-refractivity contribution in [3.05, 3.63) is 0 Å². The minimum atomic E-state index is -1.41. The number of hydrogen-bond donors (Lipinski definition) is 6.